The molecule has 3 N–H and O–H groups in total. The van der Waals surface area contributed by atoms with Crippen LogP contribution in [0, 0.1) is 0 Å². The Balaban J connectivity index is 2.54. The molecule has 2 rings (SSSR count). The number of aliphatic hydroxyl groups excluding tert-OH is 1. The van der Waals surface area contributed by atoms with Crippen molar-refractivity contribution in [1.29, 1.82) is 0 Å². The number of nitrogens with zero attached hydrogens (tertiary/aromatic N) is 1. The lowest BCUT2D eigenvalue weighted by Gasteiger charge is -2.12. The number of hydrogen-bond donors (Lipinski definition) is 2. The number of rotatable bonds is 2. The van der Waals surface area contributed by atoms with Crippen LogP contribution in [0.4, 0.5) is 13.2 Å². The van der Waals surface area contributed by atoms with E-state index in [-0.39, 0.29) is 16.8 Å². The van der Waals surface area contributed by atoms with E-state index in [0.29, 0.717) is 0 Å². The summed E-state index contributed by atoms with van der Waals surface area (Å²) in [5.74, 6) is 0. The minimum Gasteiger partial charge on any atom is -0.374 e. The van der Waals surface area contributed by atoms with Gasteiger partial charge in [-0.2, -0.15) is 13.2 Å². The second kappa shape index (κ2) is 4.99. The van der Waals surface area contributed by atoms with Crippen molar-refractivity contribution in [2.45, 2.75) is 12.4 Å². The van der Waals surface area contributed by atoms with Crippen molar-refractivity contribution in [2.75, 3.05) is 0 Å². The summed E-state index contributed by atoms with van der Waals surface area (Å²) in [6.07, 6.45) is -4.29. The van der Waals surface area contributed by atoms with Gasteiger partial charge in [-0.1, -0.05) is 18.2 Å². The number of aromatic nitrogens is 1. The molecule has 0 aliphatic carbocycles. The number of nitrogens with two attached hydrogens (primary N) is 1. The van der Waals surface area contributed by atoms with E-state index in [1.54, 1.807) is 6.07 Å². The third-order valence-corrected chi connectivity index (χ3v) is 2.62. The monoisotopic (exact) mass is 268 g/mol. The number of pyridine rings is 1. The van der Waals surface area contributed by atoms with Crippen molar-refractivity contribution in [2.24, 2.45) is 5.73 Å². The Morgan fingerprint density at radius 2 is 1.89 bits per heavy atom. The fourth-order valence-corrected chi connectivity index (χ4v) is 1.74. The van der Waals surface area contributed by atoms with Gasteiger partial charge in [0.25, 0.3) is 0 Å². The van der Waals surface area contributed by atoms with Crippen molar-refractivity contribution >= 4 is 0 Å². The van der Waals surface area contributed by atoms with E-state index in [1.165, 1.54) is 24.4 Å². The van der Waals surface area contributed by atoms with Crippen LogP contribution in [0.25, 0.3) is 11.3 Å². The summed E-state index contributed by atoms with van der Waals surface area (Å²) in [6, 6.07) is 7.82. The number of aliphatic hydroxyl groups is 1. The lowest BCUT2D eigenvalue weighted by molar-refractivity contribution is -0.137. The Bertz CT molecular complexity index is 582. The predicted octanol–water partition coefficient (Wildman–Crippen LogP) is 2.72. The van der Waals surface area contributed by atoms with E-state index in [0.717, 1.165) is 12.1 Å². The van der Waals surface area contributed by atoms with Crippen LogP contribution in [0.2, 0.25) is 0 Å². The fourth-order valence-electron chi connectivity index (χ4n) is 1.74. The highest BCUT2D eigenvalue weighted by molar-refractivity contribution is 5.64. The van der Waals surface area contributed by atoms with Gasteiger partial charge in [-0.25, -0.2) is 0 Å². The highest BCUT2D eigenvalue weighted by atomic mass is 19.4. The molecule has 0 fully saturated rings. The molecule has 0 aliphatic rings. The summed E-state index contributed by atoms with van der Waals surface area (Å²) < 4.78 is 37.9. The van der Waals surface area contributed by atoms with Crippen molar-refractivity contribution in [3.63, 3.8) is 0 Å². The molecule has 1 heterocycles. The largest absolute Gasteiger partial charge is 0.416 e. The van der Waals surface area contributed by atoms with Crippen LogP contribution in [-0.4, -0.2) is 10.1 Å². The SMILES string of the molecule is NC(O)c1cccnc1-c1cccc(C(F)(F)F)c1. The van der Waals surface area contributed by atoms with Crippen LogP contribution in [0.15, 0.2) is 42.6 Å². The average molecular weight is 268 g/mol. The summed E-state index contributed by atoms with van der Waals surface area (Å²) >= 11 is 0. The van der Waals surface area contributed by atoms with Crippen LogP contribution in [0.5, 0.6) is 0 Å². The summed E-state index contributed by atoms with van der Waals surface area (Å²) in [4.78, 5) is 3.99. The Hall–Kier alpha value is -1.92. The molecule has 0 bridgehead atoms. The average Bonchev–Trinajstić information content (AvgIpc) is 2.38. The topological polar surface area (TPSA) is 59.1 Å². The normalized spacial score (nSPS) is 13.3. The molecule has 0 saturated heterocycles. The number of alkyl halides is 3. The first kappa shape index (κ1) is 13.5. The number of benzene rings is 1. The van der Waals surface area contributed by atoms with Gasteiger partial charge in [-0.15, -0.1) is 0 Å². The lowest BCUT2D eigenvalue weighted by atomic mass is 10.0. The van der Waals surface area contributed by atoms with Gasteiger partial charge >= 0.3 is 6.18 Å². The molecule has 0 radical (unpaired) electrons. The molecule has 3 nitrogen and oxygen atoms in total. The molecular formula is C13H11F3N2O. The van der Waals surface area contributed by atoms with Crippen LogP contribution < -0.4 is 5.73 Å². The summed E-state index contributed by atoms with van der Waals surface area (Å²) in [5, 5.41) is 9.41. The fraction of sp³-hybridized carbons (Fsp3) is 0.154. The van der Waals surface area contributed by atoms with Crippen LogP contribution in [0.1, 0.15) is 17.4 Å². The van der Waals surface area contributed by atoms with Gasteiger partial charge in [0.2, 0.25) is 0 Å². The van der Waals surface area contributed by atoms with Crippen LogP contribution in [-0.2, 0) is 6.18 Å². The molecule has 1 aromatic heterocycles. The lowest BCUT2D eigenvalue weighted by Crippen LogP contribution is -2.11. The van der Waals surface area contributed by atoms with E-state index in [9.17, 15) is 18.3 Å². The molecule has 1 atom stereocenters. The van der Waals surface area contributed by atoms with Crippen molar-refractivity contribution in [3.05, 3.63) is 53.7 Å². The Kier molecular flexibility index (Phi) is 3.55. The maximum absolute atomic E-state index is 12.6. The van der Waals surface area contributed by atoms with Gasteiger partial charge in [0.15, 0.2) is 0 Å². The van der Waals surface area contributed by atoms with Crippen molar-refractivity contribution in [3.8, 4) is 11.3 Å². The van der Waals surface area contributed by atoms with Gasteiger partial charge in [0, 0.05) is 17.3 Å². The molecule has 100 valence electrons. The third-order valence-electron chi connectivity index (χ3n) is 2.62. The highest BCUT2D eigenvalue weighted by Crippen LogP contribution is 2.32. The van der Waals surface area contributed by atoms with Gasteiger partial charge < -0.3 is 10.8 Å². The van der Waals surface area contributed by atoms with E-state index in [2.05, 4.69) is 4.98 Å². The molecule has 0 spiro atoms. The minimum atomic E-state index is -4.42. The molecule has 1 unspecified atom stereocenters. The smallest absolute Gasteiger partial charge is 0.374 e. The predicted molar refractivity (Wildman–Crippen MR) is 63.8 cm³/mol. The summed E-state index contributed by atoms with van der Waals surface area (Å²) in [7, 11) is 0. The minimum absolute atomic E-state index is 0.239. The van der Waals surface area contributed by atoms with Crippen LogP contribution in [0.3, 0.4) is 0 Å². The maximum Gasteiger partial charge on any atom is 0.416 e. The number of hydrogen-bond acceptors (Lipinski definition) is 3. The highest BCUT2D eigenvalue weighted by Gasteiger charge is 2.30. The zero-order valence-corrected chi connectivity index (χ0v) is 9.72. The second-order valence-corrected chi connectivity index (χ2v) is 3.96. The zero-order valence-electron chi connectivity index (χ0n) is 9.72. The quantitative estimate of drug-likeness (QED) is 0.823. The molecule has 19 heavy (non-hydrogen) atoms. The van der Waals surface area contributed by atoms with Crippen molar-refractivity contribution in [1.82, 2.24) is 4.98 Å². The van der Waals surface area contributed by atoms with E-state index in [1.807, 2.05) is 0 Å². The first-order valence-corrected chi connectivity index (χ1v) is 5.46. The second-order valence-electron chi connectivity index (χ2n) is 3.96. The van der Waals surface area contributed by atoms with Gasteiger partial charge in [-0.3, -0.25) is 4.98 Å². The molecule has 2 aromatic rings. The number of halogens is 3. The van der Waals surface area contributed by atoms with Crippen molar-refractivity contribution < 1.29 is 18.3 Å². The zero-order chi connectivity index (χ0) is 14.0. The Morgan fingerprint density at radius 1 is 1.16 bits per heavy atom. The van der Waals surface area contributed by atoms with E-state index >= 15 is 0 Å². The molecular weight excluding hydrogens is 257 g/mol. The van der Waals surface area contributed by atoms with E-state index in [4.69, 9.17) is 5.73 Å². The molecule has 0 amide bonds. The molecule has 0 aliphatic heterocycles. The summed E-state index contributed by atoms with van der Waals surface area (Å²) in [5.41, 5.74) is 5.38. The molecule has 0 saturated carbocycles. The first-order valence-electron chi connectivity index (χ1n) is 5.46. The maximum atomic E-state index is 12.6. The standard InChI is InChI=1S/C13H11F3N2O/c14-13(15,16)9-4-1-3-8(7-9)11-10(12(17)19)5-2-6-18-11/h1-7,12,19H,17H2. The van der Waals surface area contributed by atoms with Crippen LogP contribution >= 0.6 is 0 Å². The van der Waals surface area contributed by atoms with Gasteiger partial charge in [0.1, 0.15) is 6.23 Å². The molecule has 6 heteroatoms. The molecule has 1 aromatic carbocycles. The third kappa shape index (κ3) is 2.91. The van der Waals surface area contributed by atoms with Gasteiger partial charge in [0.05, 0.1) is 11.3 Å². The van der Waals surface area contributed by atoms with E-state index < -0.39 is 18.0 Å². The Morgan fingerprint density at radius 3 is 2.53 bits per heavy atom. The van der Waals surface area contributed by atoms with Gasteiger partial charge in [-0.05, 0) is 18.2 Å². The summed E-state index contributed by atoms with van der Waals surface area (Å²) in [6.45, 7) is 0. The Labute approximate surface area is 107 Å². The first-order chi connectivity index (χ1) is 8.89.